The Morgan fingerprint density at radius 1 is 1.33 bits per heavy atom. The van der Waals surface area contributed by atoms with Crippen molar-refractivity contribution in [1.29, 1.82) is 0 Å². The third-order valence-electron chi connectivity index (χ3n) is 4.38. The first kappa shape index (κ1) is 16.0. The molecule has 1 N–H and O–H groups in total. The van der Waals surface area contributed by atoms with Crippen LogP contribution >= 0.6 is 0 Å². The molecule has 0 aromatic heterocycles. The monoisotopic (exact) mass is 288 g/mol. The standard InChI is InChI=1S/C18H28N2O/c1-3-20(14-17-9-11-19-12-10-17)18(21)8-7-16-6-4-5-15(2)13-16/h4-6,13,17,19H,3,7-12,14H2,1-2H3. The number of carbonyl (C=O) groups is 1. The molecule has 1 fully saturated rings. The SMILES string of the molecule is CCN(CC1CCNCC1)C(=O)CCc1cccc(C)c1. The normalized spacial score (nSPS) is 15.9. The average molecular weight is 288 g/mol. The summed E-state index contributed by atoms with van der Waals surface area (Å²) in [7, 11) is 0. The Balaban J connectivity index is 1.82. The van der Waals surface area contributed by atoms with E-state index in [2.05, 4.69) is 43.4 Å². The lowest BCUT2D eigenvalue weighted by molar-refractivity contribution is -0.131. The van der Waals surface area contributed by atoms with E-state index in [1.807, 2.05) is 4.90 Å². The fourth-order valence-electron chi connectivity index (χ4n) is 3.06. The van der Waals surface area contributed by atoms with Gasteiger partial charge in [-0.2, -0.15) is 0 Å². The number of piperidine rings is 1. The number of hydrogen-bond donors (Lipinski definition) is 1. The highest BCUT2D eigenvalue weighted by Crippen LogP contribution is 2.15. The fraction of sp³-hybridized carbons (Fsp3) is 0.611. The Labute approximate surface area is 128 Å². The van der Waals surface area contributed by atoms with Crippen LogP contribution in [0.25, 0.3) is 0 Å². The van der Waals surface area contributed by atoms with Gasteiger partial charge in [-0.25, -0.2) is 0 Å². The first-order chi connectivity index (χ1) is 10.2. The highest BCUT2D eigenvalue weighted by molar-refractivity contribution is 5.76. The molecule has 116 valence electrons. The van der Waals surface area contributed by atoms with Gasteiger partial charge in [0.1, 0.15) is 0 Å². The molecule has 1 aromatic rings. The zero-order valence-electron chi connectivity index (χ0n) is 13.4. The highest BCUT2D eigenvalue weighted by Gasteiger charge is 2.19. The van der Waals surface area contributed by atoms with Gasteiger partial charge in [-0.3, -0.25) is 4.79 Å². The van der Waals surface area contributed by atoms with E-state index in [1.54, 1.807) is 0 Å². The molecule has 1 aliphatic heterocycles. The summed E-state index contributed by atoms with van der Waals surface area (Å²) < 4.78 is 0. The molecule has 2 rings (SSSR count). The predicted molar refractivity (Wildman–Crippen MR) is 87.3 cm³/mol. The fourth-order valence-corrected chi connectivity index (χ4v) is 3.06. The van der Waals surface area contributed by atoms with Crippen molar-refractivity contribution in [3.8, 4) is 0 Å². The molecule has 0 saturated carbocycles. The maximum Gasteiger partial charge on any atom is 0.222 e. The van der Waals surface area contributed by atoms with Crippen LogP contribution in [0.4, 0.5) is 0 Å². The van der Waals surface area contributed by atoms with E-state index in [0.717, 1.165) is 32.6 Å². The first-order valence-electron chi connectivity index (χ1n) is 8.23. The van der Waals surface area contributed by atoms with E-state index >= 15 is 0 Å². The van der Waals surface area contributed by atoms with Crippen molar-refractivity contribution in [3.63, 3.8) is 0 Å². The molecule has 3 heteroatoms. The number of nitrogens with one attached hydrogen (secondary N) is 1. The number of carbonyl (C=O) groups excluding carboxylic acids is 1. The summed E-state index contributed by atoms with van der Waals surface area (Å²) in [4.78, 5) is 14.5. The molecule has 0 aliphatic carbocycles. The van der Waals surface area contributed by atoms with Gasteiger partial charge in [0.15, 0.2) is 0 Å². The Hall–Kier alpha value is -1.35. The molecule has 0 radical (unpaired) electrons. The van der Waals surface area contributed by atoms with Crippen molar-refractivity contribution in [2.45, 2.75) is 39.5 Å². The van der Waals surface area contributed by atoms with Crippen LogP contribution in [0.3, 0.4) is 0 Å². The van der Waals surface area contributed by atoms with Crippen molar-refractivity contribution in [2.75, 3.05) is 26.2 Å². The van der Waals surface area contributed by atoms with Crippen LogP contribution in [0.1, 0.15) is 37.3 Å². The zero-order valence-corrected chi connectivity index (χ0v) is 13.4. The van der Waals surface area contributed by atoms with Crippen LogP contribution in [0.15, 0.2) is 24.3 Å². The molecule has 0 unspecified atom stereocenters. The summed E-state index contributed by atoms with van der Waals surface area (Å²) in [5, 5.41) is 3.38. The van der Waals surface area contributed by atoms with E-state index < -0.39 is 0 Å². The summed E-state index contributed by atoms with van der Waals surface area (Å²) in [5.74, 6) is 0.978. The lowest BCUT2D eigenvalue weighted by Gasteiger charge is -2.29. The molecule has 1 amide bonds. The third-order valence-corrected chi connectivity index (χ3v) is 4.38. The van der Waals surface area contributed by atoms with Gasteiger partial charge >= 0.3 is 0 Å². The van der Waals surface area contributed by atoms with Gasteiger partial charge in [0.2, 0.25) is 5.91 Å². The molecule has 3 nitrogen and oxygen atoms in total. The zero-order chi connectivity index (χ0) is 15.1. The summed E-state index contributed by atoms with van der Waals surface area (Å²) in [6, 6.07) is 8.46. The van der Waals surface area contributed by atoms with Gasteiger partial charge < -0.3 is 10.2 Å². The number of rotatable bonds is 6. The van der Waals surface area contributed by atoms with Crippen molar-refractivity contribution in [2.24, 2.45) is 5.92 Å². The van der Waals surface area contributed by atoms with Crippen LogP contribution in [-0.4, -0.2) is 37.0 Å². The molecule has 1 aliphatic rings. The number of nitrogens with zero attached hydrogens (tertiary/aromatic N) is 1. The van der Waals surface area contributed by atoms with E-state index in [4.69, 9.17) is 0 Å². The van der Waals surface area contributed by atoms with Crippen LogP contribution < -0.4 is 5.32 Å². The smallest absolute Gasteiger partial charge is 0.222 e. The largest absolute Gasteiger partial charge is 0.343 e. The number of aryl methyl sites for hydroxylation is 2. The Bertz CT molecular complexity index is 452. The average Bonchev–Trinajstić information content (AvgIpc) is 2.51. The predicted octanol–water partition coefficient (Wildman–Crippen LogP) is 2.78. The summed E-state index contributed by atoms with van der Waals surface area (Å²) in [6.45, 7) is 8.15. The minimum atomic E-state index is 0.303. The maximum atomic E-state index is 12.4. The molecule has 0 spiro atoms. The van der Waals surface area contributed by atoms with Crippen LogP contribution in [0.5, 0.6) is 0 Å². The van der Waals surface area contributed by atoms with Crippen LogP contribution in [0.2, 0.25) is 0 Å². The quantitative estimate of drug-likeness (QED) is 0.873. The topological polar surface area (TPSA) is 32.3 Å². The molecule has 1 aromatic carbocycles. The Morgan fingerprint density at radius 2 is 2.10 bits per heavy atom. The van der Waals surface area contributed by atoms with Crippen LogP contribution in [-0.2, 0) is 11.2 Å². The molecule has 0 bridgehead atoms. The van der Waals surface area contributed by atoms with E-state index in [1.165, 1.54) is 24.0 Å². The summed E-state index contributed by atoms with van der Waals surface area (Å²) >= 11 is 0. The second-order valence-electron chi connectivity index (χ2n) is 6.11. The molecule has 1 heterocycles. The molecule has 0 atom stereocenters. The van der Waals surface area contributed by atoms with Gasteiger partial charge in [0.25, 0.3) is 0 Å². The van der Waals surface area contributed by atoms with Crippen molar-refractivity contribution in [1.82, 2.24) is 10.2 Å². The molecular weight excluding hydrogens is 260 g/mol. The number of hydrogen-bond acceptors (Lipinski definition) is 2. The van der Waals surface area contributed by atoms with Crippen molar-refractivity contribution >= 4 is 5.91 Å². The molecular formula is C18H28N2O. The van der Waals surface area contributed by atoms with Gasteiger partial charge in [-0.15, -0.1) is 0 Å². The van der Waals surface area contributed by atoms with E-state index in [0.29, 0.717) is 18.2 Å². The highest BCUT2D eigenvalue weighted by atomic mass is 16.2. The third kappa shape index (κ3) is 5.16. The molecule has 21 heavy (non-hydrogen) atoms. The minimum Gasteiger partial charge on any atom is -0.343 e. The lowest BCUT2D eigenvalue weighted by atomic mass is 9.97. The van der Waals surface area contributed by atoms with Gasteiger partial charge in [0, 0.05) is 19.5 Å². The summed E-state index contributed by atoms with van der Waals surface area (Å²) in [6.07, 6.45) is 3.87. The van der Waals surface area contributed by atoms with E-state index in [9.17, 15) is 4.79 Å². The minimum absolute atomic E-state index is 0.303. The summed E-state index contributed by atoms with van der Waals surface area (Å²) in [5.41, 5.74) is 2.53. The van der Waals surface area contributed by atoms with E-state index in [-0.39, 0.29) is 0 Å². The first-order valence-corrected chi connectivity index (χ1v) is 8.23. The maximum absolute atomic E-state index is 12.4. The van der Waals surface area contributed by atoms with Gasteiger partial charge in [-0.1, -0.05) is 29.8 Å². The molecule has 1 saturated heterocycles. The van der Waals surface area contributed by atoms with Gasteiger partial charge in [-0.05, 0) is 57.7 Å². The number of amides is 1. The number of benzene rings is 1. The van der Waals surface area contributed by atoms with Crippen molar-refractivity contribution in [3.05, 3.63) is 35.4 Å². The second kappa shape index (κ2) is 8.18. The van der Waals surface area contributed by atoms with Crippen molar-refractivity contribution < 1.29 is 4.79 Å². The van der Waals surface area contributed by atoms with Crippen LogP contribution in [0, 0.1) is 12.8 Å². The Morgan fingerprint density at radius 3 is 2.76 bits per heavy atom. The Kier molecular flexibility index (Phi) is 6.24. The lowest BCUT2D eigenvalue weighted by Crippen LogP contribution is -2.39. The second-order valence-corrected chi connectivity index (χ2v) is 6.11. The van der Waals surface area contributed by atoms with Gasteiger partial charge in [0.05, 0.1) is 0 Å².